The van der Waals surface area contributed by atoms with E-state index < -0.39 is 6.10 Å². The number of fused-ring (bicyclic) bond motifs is 2. The standard InChI is InChI=1S/C61H93NO3/c1-5-8-11-14-17-20-23-26-29-32-39-54-46-58(60(63)62-49-50(4)65-61(64)56-43-42-53-44-51-37-35-36-38-52(51)45-57(53)48-56)47-55(40-33-30-27-24-21-18-15-12-9-6-2)59(54)41-34-31-28-25-22-19-16-13-10-7-3/h35-38,42-48,50H,5-34,39-41,49H2,1-4H3,(H,62,63)/t50-/m1/s1. The van der Waals surface area contributed by atoms with Crippen LogP contribution in [0.2, 0.25) is 0 Å². The van der Waals surface area contributed by atoms with Gasteiger partial charge in [0.2, 0.25) is 0 Å². The Labute approximate surface area is 398 Å². The van der Waals surface area contributed by atoms with Crippen LogP contribution in [0.3, 0.4) is 0 Å². The van der Waals surface area contributed by atoms with Crippen molar-refractivity contribution in [1.29, 1.82) is 0 Å². The molecule has 4 aromatic carbocycles. The summed E-state index contributed by atoms with van der Waals surface area (Å²) in [5, 5.41) is 7.60. The third-order valence-electron chi connectivity index (χ3n) is 13.9. The number of ether oxygens (including phenoxy) is 1. The minimum Gasteiger partial charge on any atom is -0.457 e. The second-order valence-electron chi connectivity index (χ2n) is 19.8. The first-order valence-corrected chi connectivity index (χ1v) is 27.5. The van der Waals surface area contributed by atoms with E-state index in [-0.39, 0.29) is 18.4 Å². The number of unbranched alkanes of at least 4 members (excludes halogenated alkanes) is 27. The lowest BCUT2D eigenvalue weighted by atomic mass is 9.88. The fourth-order valence-corrected chi connectivity index (χ4v) is 9.79. The monoisotopic (exact) mass is 888 g/mol. The average Bonchev–Trinajstić information content (AvgIpc) is 3.31. The lowest BCUT2D eigenvalue weighted by Gasteiger charge is -2.19. The molecule has 0 bridgehead atoms. The minimum atomic E-state index is -0.466. The van der Waals surface area contributed by atoms with E-state index in [1.165, 1.54) is 209 Å². The van der Waals surface area contributed by atoms with Gasteiger partial charge in [0.15, 0.2) is 0 Å². The highest BCUT2D eigenvalue weighted by Gasteiger charge is 2.18. The minimum absolute atomic E-state index is 0.0652. The maximum Gasteiger partial charge on any atom is 0.338 e. The number of hydrogen-bond acceptors (Lipinski definition) is 3. The Morgan fingerprint density at radius 2 is 0.815 bits per heavy atom. The number of amides is 1. The molecule has 0 aliphatic rings. The zero-order valence-corrected chi connectivity index (χ0v) is 42.2. The highest BCUT2D eigenvalue weighted by atomic mass is 16.5. The normalized spacial score (nSPS) is 12.0. The number of benzene rings is 4. The van der Waals surface area contributed by atoms with Gasteiger partial charge in [-0.15, -0.1) is 0 Å². The van der Waals surface area contributed by atoms with Crippen LogP contribution in [0, 0.1) is 0 Å². The summed E-state index contributed by atoms with van der Waals surface area (Å²) in [7, 11) is 0. The summed E-state index contributed by atoms with van der Waals surface area (Å²) in [6.07, 6.45) is 42.7. The molecule has 0 heterocycles. The number of aryl methyl sites for hydroxylation is 2. The Kier molecular flexibility index (Phi) is 28.0. The van der Waals surface area contributed by atoms with Crippen LogP contribution in [0.25, 0.3) is 21.5 Å². The van der Waals surface area contributed by atoms with Crippen LogP contribution >= 0.6 is 0 Å². The molecule has 0 aliphatic carbocycles. The van der Waals surface area contributed by atoms with Gasteiger partial charge in [-0.25, -0.2) is 4.79 Å². The van der Waals surface area contributed by atoms with Crippen molar-refractivity contribution in [3.8, 4) is 0 Å². The van der Waals surface area contributed by atoms with Gasteiger partial charge in [-0.05, 0) is 120 Å². The third-order valence-corrected chi connectivity index (χ3v) is 13.9. The Morgan fingerprint density at radius 1 is 0.431 bits per heavy atom. The average molecular weight is 888 g/mol. The summed E-state index contributed by atoms with van der Waals surface area (Å²) >= 11 is 0. The molecule has 360 valence electrons. The first-order valence-electron chi connectivity index (χ1n) is 27.5. The second-order valence-corrected chi connectivity index (χ2v) is 19.8. The molecule has 65 heavy (non-hydrogen) atoms. The van der Waals surface area contributed by atoms with Gasteiger partial charge in [0.25, 0.3) is 5.91 Å². The number of carbonyl (C=O) groups is 2. The second kappa shape index (κ2) is 33.8. The first kappa shape index (κ1) is 54.0. The molecule has 1 N–H and O–H groups in total. The van der Waals surface area contributed by atoms with Gasteiger partial charge in [0, 0.05) is 5.56 Å². The fraction of sp³-hybridized carbons (Fsp3) is 0.639. The lowest BCUT2D eigenvalue weighted by Crippen LogP contribution is -2.33. The molecule has 0 radical (unpaired) electrons. The fourth-order valence-electron chi connectivity index (χ4n) is 9.79. The van der Waals surface area contributed by atoms with Crippen molar-refractivity contribution >= 4 is 33.4 Å². The summed E-state index contributed by atoms with van der Waals surface area (Å²) in [6.45, 7) is 9.02. The number of esters is 1. The van der Waals surface area contributed by atoms with Crippen LogP contribution in [-0.2, 0) is 24.0 Å². The molecule has 0 unspecified atom stereocenters. The molecule has 4 heteroatoms. The maximum absolute atomic E-state index is 14.1. The van der Waals surface area contributed by atoms with Crippen molar-refractivity contribution in [2.45, 2.75) is 246 Å². The summed E-state index contributed by atoms with van der Waals surface area (Å²) in [4.78, 5) is 27.4. The zero-order chi connectivity index (χ0) is 46.2. The van der Waals surface area contributed by atoms with E-state index in [1.54, 1.807) is 5.56 Å². The van der Waals surface area contributed by atoms with Crippen molar-refractivity contribution in [2.24, 2.45) is 0 Å². The van der Waals surface area contributed by atoms with Crippen LogP contribution in [-0.4, -0.2) is 24.5 Å². The Morgan fingerprint density at radius 3 is 1.26 bits per heavy atom. The number of hydrogen-bond donors (Lipinski definition) is 1. The van der Waals surface area contributed by atoms with Crippen LogP contribution in [0.15, 0.2) is 66.7 Å². The van der Waals surface area contributed by atoms with E-state index in [9.17, 15) is 9.59 Å². The Bertz CT molecular complexity index is 1850. The summed E-state index contributed by atoms with van der Waals surface area (Å²) in [5.74, 6) is -0.430. The number of nitrogens with one attached hydrogen (secondary N) is 1. The Balaban J connectivity index is 1.40. The molecule has 0 aliphatic heterocycles. The summed E-state index contributed by atoms with van der Waals surface area (Å²) < 4.78 is 5.91. The maximum atomic E-state index is 14.1. The van der Waals surface area contributed by atoms with Crippen LogP contribution in [0.4, 0.5) is 0 Å². The molecule has 1 atom stereocenters. The van der Waals surface area contributed by atoms with Crippen LogP contribution < -0.4 is 5.32 Å². The molecular weight excluding hydrogens is 795 g/mol. The SMILES string of the molecule is CCCCCCCCCCCCc1cc(C(=O)NC[C@@H](C)OC(=O)c2ccc3cc4ccccc4cc3c2)cc(CCCCCCCCCCCC)c1CCCCCCCCCCCC. The predicted octanol–water partition coefficient (Wildman–Crippen LogP) is 18.4. The number of carbonyl (C=O) groups excluding carboxylic acids is 2. The van der Waals surface area contributed by atoms with Crippen molar-refractivity contribution < 1.29 is 14.3 Å². The van der Waals surface area contributed by atoms with Gasteiger partial charge in [0.05, 0.1) is 12.1 Å². The number of rotatable bonds is 38. The van der Waals surface area contributed by atoms with Gasteiger partial charge in [-0.1, -0.05) is 224 Å². The van der Waals surface area contributed by atoms with E-state index in [4.69, 9.17) is 4.74 Å². The molecule has 0 saturated heterocycles. The van der Waals surface area contributed by atoms with Gasteiger partial charge in [0.1, 0.15) is 6.10 Å². The van der Waals surface area contributed by atoms with E-state index in [1.807, 2.05) is 37.3 Å². The smallest absolute Gasteiger partial charge is 0.338 e. The molecule has 1 amide bonds. The van der Waals surface area contributed by atoms with Crippen LogP contribution in [0.5, 0.6) is 0 Å². The molecule has 4 nitrogen and oxygen atoms in total. The molecule has 0 aromatic heterocycles. The van der Waals surface area contributed by atoms with E-state index in [2.05, 4.69) is 62.5 Å². The van der Waals surface area contributed by atoms with Crippen molar-refractivity contribution in [3.63, 3.8) is 0 Å². The van der Waals surface area contributed by atoms with Gasteiger partial charge in [-0.3, -0.25) is 4.79 Å². The highest BCUT2D eigenvalue weighted by molar-refractivity contribution is 6.01. The zero-order valence-electron chi connectivity index (χ0n) is 42.2. The molecule has 0 saturated carbocycles. The van der Waals surface area contributed by atoms with Crippen molar-refractivity contribution in [2.75, 3.05) is 6.54 Å². The molecule has 0 spiro atoms. The van der Waals surface area contributed by atoms with Crippen molar-refractivity contribution in [1.82, 2.24) is 5.32 Å². The third kappa shape index (κ3) is 21.7. The first-order chi connectivity index (χ1) is 31.9. The molecule has 4 aromatic rings. The van der Waals surface area contributed by atoms with Gasteiger partial charge in [-0.2, -0.15) is 0 Å². The highest BCUT2D eigenvalue weighted by Crippen LogP contribution is 2.27. The van der Waals surface area contributed by atoms with E-state index in [0.29, 0.717) is 5.56 Å². The topological polar surface area (TPSA) is 55.4 Å². The molecular formula is C61H93NO3. The van der Waals surface area contributed by atoms with E-state index in [0.717, 1.165) is 41.0 Å². The summed E-state index contributed by atoms with van der Waals surface area (Å²) in [6, 6.07) is 22.8. The van der Waals surface area contributed by atoms with Gasteiger partial charge < -0.3 is 10.1 Å². The largest absolute Gasteiger partial charge is 0.457 e. The Hall–Kier alpha value is -3.66. The quantitative estimate of drug-likeness (QED) is 0.0277. The summed E-state index contributed by atoms with van der Waals surface area (Å²) in [5.41, 5.74) is 5.63. The predicted molar refractivity (Wildman–Crippen MR) is 282 cm³/mol. The van der Waals surface area contributed by atoms with Crippen LogP contribution in [0.1, 0.15) is 258 Å². The van der Waals surface area contributed by atoms with E-state index >= 15 is 0 Å². The van der Waals surface area contributed by atoms with Gasteiger partial charge >= 0.3 is 5.97 Å². The van der Waals surface area contributed by atoms with Crippen molar-refractivity contribution in [3.05, 3.63) is 94.5 Å². The lowest BCUT2D eigenvalue weighted by molar-refractivity contribution is 0.0338. The molecule has 0 fully saturated rings. The molecule has 4 rings (SSSR count).